The molecule has 0 saturated carbocycles. The van der Waals surface area contributed by atoms with E-state index in [2.05, 4.69) is 59.3 Å². The van der Waals surface area contributed by atoms with Gasteiger partial charge in [-0.3, -0.25) is 0 Å². The van der Waals surface area contributed by atoms with Crippen molar-refractivity contribution in [1.29, 1.82) is 0 Å². The summed E-state index contributed by atoms with van der Waals surface area (Å²) >= 11 is 0. The van der Waals surface area contributed by atoms with Gasteiger partial charge in [0.2, 0.25) is 0 Å². The average molecular weight is 324 g/mol. The van der Waals surface area contributed by atoms with Crippen LogP contribution in [0.1, 0.15) is 13.3 Å². The van der Waals surface area contributed by atoms with Crippen LogP contribution in [0.25, 0.3) is 0 Å². The third-order valence-electron chi connectivity index (χ3n) is 2.32. The van der Waals surface area contributed by atoms with Crippen LogP contribution >= 0.6 is 0 Å². The Balaban J connectivity index is 4.55. The molecule has 0 rings (SSSR count). The van der Waals surface area contributed by atoms with Crippen LogP contribution in [-0.4, -0.2) is 34.5 Å². The van der Waals surface area contributed by atoms with Gasteiger partial charge in [-0.15, -0.1) is 0 Å². The second-order valence-electron chi connectivity index (χ2n) is 6.52. The minimum Gasteiger partial charge on any atom is -0.437 e. The summed E-state index contributed by atoms with van der Waals surface area (Å²) in [6.45, 7) is 19.7. The molecule has 7 heteroatoms. The molecule has 0 fully saturated rings. The van der Waals surface area contributed by atoms with Crippen molar-refractivity contribution in [3.05, 3.63) is 0 Å². The van der Waals surface area contributed by atoms with E-state index in [4.69, 9.17) is 12.3 Å². The lowest BCUT2D eigenvalue weighted by Gasteiger charge is -2.38. The monoisotopic (exact) mass is 323 g/mol. The van der Waals surface area contributed by atoms with Gasteiger partial charge in [0.25, 0.3) is 0 Å². The van der Waals surface area contributed by atoms with E-state index in [0.29, 0.717) is 0 Å². The normalized spacial score (nSPS) is 14.3. The zero-order valence-electron chi connectivity index (χ0n) is 13.6. The molecule has 0 aliphatic carbocycles. The molecule has 0 aromatic rings. The van der Waals surface area contributed by atoms with E-state index in [9.17, 15) is 0 Å². The molecule has 0 aliphatic rings. The van der Waals surface area contributed by atoms with E-state index >= 15 is 0 Å². The molecule has 0 amide bonds. The van der Waals surface area contributed by atoms with Crippen molar-refractivity contribution in [3.8, 4) is 0 Å². The number of hydrogen-bond donors (Lipinski definition) is 0. The Morgan fingerprint density at radius 2 is 1.33 bits per heavy atom. The van der Waals surface area contributed by atoms with Gasteiger partial charge in [-0.25, -0.2) is 0 Å². The van der Waals surface area contributed by atoms with Crippen LogP contribution in [0.15, 0.2) is 0 Å². The maximum atomic E-state index is 6.40. The first-order valence-electron chi connectivity index (χ1n) is 6.79. The van der Waals surface area contributed by atoms with Crippen molar-refractivity contribution in [3.63, 3.8) is 0 Å². The van der Waals surface area contributed by atoms with E-state index in [0.717, 1.165) is 0 Å². The van der Waals surface area contributed by atoms with Gasteiger partial charge in [0.05, 0.1) is 0 Å². The quantitative estimate of drug-likeness (QED) is 0.623. The topological polar surface area (TPSA) is 27.7 Å². The maximum absolute atomic E-state index is 6.40. The fourth-order valence-corrected chi connectivity index (χ4v) is 19.1. The van der Waals surface area contributed by atoms with E-state index in [1.807, 2.05) is 0 Å². The fraction of sp³-hybridized carbons (Fsp3) is 1.00. The van der Waals surface area contributed by atoms with Gasteiger partial charge in [0, 0.05) is 0 Å². The molecule has 0 spiro atoms. The maximum Gasteiger partial charge on any atom is 0.312 e. The highest BCUT2D eigenvalue weighted by atomic mass is 28.5. The largest absolute Gasteiger partial charge is 0.437 e. The van der Waals surface area contributed by atoms with Crippen LogP contribution < -0.4 is 0 Å². The second kappa shape index (κ2) is 6.96. The summed E-state index contributed by atoms with van der Waals surface area (Å²) in [7, 11) is -6.35. The zero-order valence-corrected chi connectivity index (χ0v) is 17.6. The molecule has 0 aliphatic heterocycles. The molecule has 109 valence electrons. The van der Waals surface area contributed by atoms with Crippen LogP contribution in [0.3, 0.4) is 0 Å². The summed E-state index contributed by atoms with van der Waals surface area (Å²) in [5.74, 6) is 0. The number of rotatable bonds is 8. The molecule has 0 aromatic carbocycles. The van der Waals surface area contributed by atoms with Crippen LogP contribution in [0.4, 0.5) is 0 Å². The summed E-state index contributed by atoms with van der Waals surface area (Å²) < 4.78 is 18.8. The van der Waals surface area contributed by atoms with Crippen molar-refractivity contribution < 1.29 is 12.3 Å². The molecule has 1 radical (unpaired) electrons. The molecule has 0 N–H and O–H groups in total. The predicted molar refractivity (Wildman–Crippen MR) is 88.3 cm³/mol. The van der Waals surface area contributed by atoms with Crippen LogP contribution in [0, 0.1) is 0 Å². The fourth-order valence-electron chi connectivity index (χ4n) is 2.44. The first-order chi connectivity index (χ1) is 7.89. The van der Waals surface area contributed by atoms with E-state index in [1.54, 1.807) is 0 Å². The summed E-state index contributed by atoms with van der Waals surface area (Å²) in [5.41, 5.74) is 0. The molecule has 3 nitrogen and oxygen atoms in total. The SMILES string of the molecule is CCC[Si](C)(C)O[Si](C)(C)O[Si](C)(C)O[Si](C)C. The van der Waals surface area contributed by atoms with Crippen LogP contribution in [-0.2, 0) is 12.3 Å². The Bertz CT molecular complexity index is 255. The Labute approximate surface area is 119 Å². The average Bonchev–Trinajstić information content (AvgIpc) is 1.93. The zero-order chi connectivity index (χ0) is 14.6. The Morgan fingerprint density at radius 1 is 0.833 bits per heavy atom. The lowest BCUT2D eigenvalue weighted by Crippen LogP contribution is -2.54. The second-order valence-corrected chi connectivity index (χ2v) is 20.4. The van der Waals surface area contributed by atoms with Crippen molar-refractivity contribution in [2.75, 3.05) is 0 Å². The molecule has 0 saturated heterocycles. The van der Waals surface area contributed by atoms with Gasteiger partial charge in [-0.05, 0) is 58.4 Å². The highest BCUT2D eigenvalue weighted by Crippen LogP contribution is 2.24. The molecule has 0 unspecified atom stereocenters. The van der Waals surface area contributed by atoms with Crippen molar-refractivity contribution in [2.24, 2.45) is 0 Å². The molecule has 0 heterocycles. The molecule has 0 aromatic heterocycles. The molecule has 0 atom stereocenters. The smallest absolute Gasteiger partial charge is 0.312 e. The summed E-state index contributed by atoms with van der Waals surface area (Å²) in [6, 6.07) is 1.20. The van der Waals surface area contributed by atoms with Gasteiger partial charge in [0.15, 0.2) is 17.4 Å². The highest BCUT2D eigenvalue weighted by Gasteiger charge is 2.40. The third-order valence-corrected chi connectivity index (χ3v) is 15.7. The Kier molecular flexibility index (Phi) is 7.25. The van der Waals surface area contributed by atoms with E-state index < -0.39 is 34.5 Å². The summed E-state index contributed by atoms with van der Waals surface area (Å²) in [5, 5.41) is 0. The first kappa shape index (κ1) is 18.7. The number of hydrogen-bond acceptors (Lipinski definition) is 3. The third kappa shape index (κ3) is 8.78. The Morgan fingerprint density at radius 3 is 1.72 bits per heavy atom. The lowest BCUT2D eigenvalue weighted by atomic mass is 10.6. The molecule has 18 heavy (non-hydrogen) atoms. The predicted octanol–water partition coefficient (Wildman–Crippen LogP) is 4.31. The van der Waals surface area contributed by atoms with E-state index in [-0.39, 0.29) is 0 Å². The lowest BCUT2D eigenvalue weighted by molar-refractivity contribution is 0.333. The summed E-state index contributed by atoms with van der Waals surface area (Å²) in [4.78, 5) is 0. The van der Waals surface area contributed by atoms with Crippen molar-refractivity contribution >= 4 is 34.5 Å². The molecular weight excluding hydrogens is 292 g/mol. The first-order valence-corrected chi connectivity index (χ1v) is 17.9. The molecular formula is C11H31O3Si4. The van der Waals surface area contributed by atoms with Gasteiger partial charge in [0.1, 0.15) is 0 Å². The van der Waals surface area contributed by atoms with Gasteiger partial charge in [-0.2, -0.15) is 0 Å². The van der Waals surface area contributed by atoms with Gasteiger partial charge in [-0.1, -0.05) is 13.3 Å². The van der Waals surface area contributed by atoms with Gasteiger partial charge < -0.3 is 12.3 Å². The van der Waals surface area contributed by atoms with E-state index in [1.165, 1.54) is 12.5 Å². The van der Waals surface area contributed by atoms with Crippen molar-refractivity contribution in [2.45, 2.75) is 71.8 Å². The Hall–Kier alpha value is 0.748. The highest BCUT2D eigenvalue weighted by molar-refractivity contribution is 6.87. The summed E-state index contributed by atoms with van der Waals surface area (Å²) in [6.07, 6.45) is 1.19. The standard InChI is InChI=1S/C11H31O3Si4/c1-10-11-16(4,5)13-18(8,9)14-17(6,7)12-15(2)3/h10-11H2,1-9H3. The minimum atomic E-state index is -2.06. The van der Waals surface area contributed by atoms with Gasteiger partial charge >= 0.3 is 17.1 Å². The molecule has 0 bridgehead atoms. The minimum absolute atomic E-state index is 0.702. The van der Waals surface area contributed by atoms with Crippen molar-refractivity contribution in [1.82, 2.24) is 0 Å². The van der Waals surface area contributed by atoms with Crippen LogP contribution in [0.2, 0.25) is 58.4 Å². The van der Waals surface area contributed by atoms with Crippen LogP contribution in [0.5, 0.6) is 0 Å².